The van der Waals surface area contributed by atoms with Crippen molar-refractivity contribution in [3.8, 4) is 0 Å². The van der Waals surface area contributed by atoms with E-state index in [4.69, 9.17) is 5.41 Å². The Morgan fingerprint density at radius 3 is 2.62 bits per heavy atom. The average Bonchev–Trinajstić information content (AvgIpc) is 2.38. The van der Waals surface area contributed by atoms with Gasteiger partial charge in [-0.25, -0.2) is 0 Å². The lowest BCUT2D eigenvalue weighted by molar-refractivity contribution is 0.629. The Hall–Kier alpha value is -1.57. The van der Waals surface area contributed by atoms with Gasteiger partial charge in [-0.15, -0.1) is 0 Å². The van der Waals surface area contributed by atoms with Crippen molar-refractivity contribution < 1.29 is 0 Å². The number of allylic oxidation sites excluding steroid dienone is 2. The van der Waals surface area contributed by atoms with E-state index in [0.29, 0.717) is 0 Å². The summed E-state index contributed by atoms with van der Waals surface area (Å²) in [6.07, 6.45) is 6.13. The molecule has 0 aromatic heterocycles. The maximum Gasteiger partial charge on any atom is 0.0397 e. The van der Waals surface area contributed by atoms with Crippen LogP contribution in [0.1, 0.15) is 31.2 Å². The van der Waals surface area contributed by atoms with Gasteiger partial charge in [0.15, 0.2) is 0 Å². The lowest BCUT2D eigenvalue weighted by Gasteiger charge is -2.19. The van der Waals surface area contributed by atoms with Gasteiger partial charge in [-0.3, -0.25) is 0 Å². The first-order chi connectivity index (χ1) is 7.90. The van der Waals surface area contributed by atoms with E-state index in [0.717, 1.165) is 19.4 Å². The summed E-state index contributed by atoms with van der Waals surface area (Å²) in [4.78, 5) is 0. The average molecular weight is 214 g/mol. The van der Waals surface area contributed by atoms with Crippen molar-refractivity contribution in [2.24, 2.45) is 0 Å². The van der Waals surface area contributed by atoms with Crippen LogP contribution in [0.5, 0.6) is 0 Å². The fourth-order valence-electron chi connectivity index (χ4n) is 2.09. The third kappa shape index (κ3) is 2.72. The molecule has 0 saturated heterocycles. The molecule has 0 saturated carbocycles. The first kappa shape index (κ1) is 10.9. The van der Waals surface area contributed by atoms with Gasteiger partial charge in [-0.1, -0.05) is 30.3 Å². The molecule has 0 unspecified atom stereocenters. The number of rotatable bonds is 4. The molecule has 0 amide bonds. The lowest BCUT2D eigenvalue weighted by atomic mass is 9.97. The van der Waals surface area contributed by atoms with Gasteiger partial charge in [0.25, 0.3) is 0 Å². The smallest absolute Gasteiger partial charge is 0.0397 e. The predicted octanol–water partition coefficient (Wildman–Crippen LogP) is 3.25. The number of hydrogen-bond acceptors (Lipinski definition) is 2. The van der Waals surface area contributed by atoms with Crippen molar-refractivity contribution >= 4 is 6.21 Å². The van der Waals surface area contributed by atoms with E-state index in [-0.39, 0.29) is 0 Å². The molecule has 0 atom stereocenters. The normalized spacial score (nSPS) is 16.0. The highest BCUT2D eigenvalue weighted by molar-refractivity contribution is 5.77. The number of hydrogen-bond donors (Lipinski definition) is 2. The number of benzene rings is 1. The third-order valence-electron chi connectivity index (χ3n) is 3.03. The summed E-state index contributed by atoms with van der Waals surface area (Å²) in [5.41, 5.74) is 3.75. The van der Waals surface area contributed by atoms with Crippen LogP contribution in [0, 0.1) is 5.41 Å². The van der Waals surface area contributed by atoms with E-state index in [9.17, 15) is 0 Å². The van der Waals surface area contributed by atoms with Crippen molar-refractivity contribution in [2.45, 2.75) is 32.2 Å². The predicted molar refractivity (Wildman–Crippen MR) is 67.6 cm³/mol. The molecule has 2 nitrogen and oxygen atoms in total. The summed E-state index contributed by atoms with van der Waals surface area (Å²) < 4.78 is 0. The molecule has 2 heteroatoms. The van der Waals surface area contributed by atoms with Crippen LogP contribution in [0.4, 0.5) is 0 Å². The van der Waals surface area contributed by atoms with Crippen molar-refractivity contribution in [1.82, 2.24) is 5.32 Å². The zero-order valence-corrected chi connectivity index (χ0v) is 9.50. The van der Waals surface area contributed by atoms with Crippen LogP contribution in [0.25, 0.3) is 0 Å². The minimum Gasteiger partial charge on any atom is -0.384 e. The minimum atomic E-state index is 0.869. The molecular formula is C14H18N2. The highest BCUT2D eigenvalue weighted by Gasteiger charge is 2.10. The van der Waals surface area contributed by atoms with E-state index in [1.54, 1.807) is 0 Å². The minimum absolute atomic E-state index is 0.869. The lowest BCUT2D eigenvalue weighted by Crippen LogP contribution is -2.17. The third-order valence-corrected chi connectivity index (χ3v) is 3.03. The van der Waals surface area contributed by atoms with Crippen LogP contribution in [0.15, 0.2) is 41.6 Å². The summed E-state index contributed by atoms with van der Waals surface area (Å²) in [7, 11) is 0. The summed E-state index contributed by atoms with van der Waals surface area (Å²) >= 11 is 0. The van der Waals surface area contributed by atoms with Crippen LogP contribution in [-0.2, 0) is 6.54 Å². The van der Waals surface area contributed by atoms with E-state index in [2.05, 4.69) is 29.6 Å². The summed E-state index contributed by atoms with van der Waals surface area (Å²) in [6, 6.07) is 10.4. The van der Waals surface area contributed by atoms with Crippen molar-refractivity contribution in [3.05, 3.63) is 47.2 Å². The molecule has 1 aliphatic carbocycles. The molecule has 0 fully saturated rings. The Bertz CT molecular complexity index is 379. The van der Waals surface area contributed by atoms with E-state index in [1.807, 2.05) is 6.07 Å². The van der Waals surface area contributed by atoms with Crippen molar-refractivity contribution in [3.63, 3.8) is 0 Å². The molecule has 16 heavy (non-hydrogen) atoms. The van der Waals surface area contributed by atoms with Gasteiger partial charge in [-0.2, -0.15) is 0 Å². The molecule has 0 bridgehead atoms. The topological polar surface area (TPSA) is 35.9 Å². The highest BCUT2D eigenvalue weighted by Crippen LogP contribution is 2.21. The summed E-state index contributed by atoms with van der Waals surface area (Å²) in [5, 5.41) is 10.9. The van der Waals surface area contributed by atoms with Crippen LogP contribution in [-0.4, -0.2) is 6.21 Å². The zero-order chi connectivity index (χ0) is 11.2. The van der Waals surface area contributed by atoms with E-state index < -0.39 is 0 Å². The van der Waals surface area contributed by atoms with Crippen LogP contribution < -0.4 is 5.32 Å². The van der Waals surface area contributed by atoms with Crippen LogP contribution in [0.2, 0.25) is 0 Å². The molecule has 0 heterocycles. The molecule has 0 aliphatic heterocycles. The van der Waals surface area contributed by atoms with Crippen molar-refractivity contribution in [2.75, 3.05) is 0 Å². The quantitative estimate of drug-likeness (QED) is 0.741. The standard InChI is InChI=1S/C14H18N2/c15-10-13-8-4-5-9-14(13)16-11-12-6-2-1-3-7-12/h1-3,6-7,10,15-16H,4-5,8-9,11H2. The van der Waals surface area contributed by atoms with Gasteiger partial charge in [0, 0.05) is 18.5 Å². The fourth-order valence-corrected chi connectivity index (χ4v) is 2.09. The van der Waals surface area contributed by atoms with Gasteiger partial charge in [0.2, 0.25) is 0 Å². The maximum atomic E-state index is 7.39. The van der Waals surface area contributed by atoms with Gasteiger partial charge in [0.1, 0.15) is 0 Å². The largest absolute Gasteiger partial charge is 0.384 e. The first-order valence-electron chi connectivity index (χ1n) is 5.90. The molecule has 0 radical (unpaired) electrons. The van der Waals surface area contributed by atoms with Gasteiger partial charge >= 0.3 is 0 Å². The Kier molecular flexibility index (Phi) is 3.76. The monoisotopic (exact) mass is 214 g/mol. The van der Waals surface area contributed by atoms with E-state index in [1.165, 1.54) is 35.9 Å². The molecule has 1 aromatic carbocycles. The maximum absolute atomic E-state index is 7.39. The summed E-state index contributed by atoms with van der Waals surface area (Å²) in [6.45, 7) is 0.869. The fraction of sp³-hybridized carbons (Fsp3) is 0.357. The molecule has 84 valence electrons. The first-order valence-corrected chi connectivity index (χ1v) is 5.90. The second-order valence-electron chi connectivity index (χ2n) is 4.19. The summed E-state index contributed by atoms with van der Waals surface area (Å²) in [5.74, 6) is 0. The Morgan fingerprint density at radius 1 is 1.12 bits per heavy atom. The molecule has 2 N–H and O–H groups in total. The SMILES string of the molecule is N=CC1=C(NCc2ccccc2)CCCC1. The van der Waals surface area contributed by atoms with E-state index >= 15 is 0 Å². The van der Waals surface area contributed by atoms with Gasteiger partial charge in [0.05, 0.1) is 0 Å². The van der Waals surface area contributed by atoms with Crippen LogP contribution in [0.3, 0.4) is 0 Å². The Morgan fingerprint density at radius 2 is 1.88 bits per heavy atom. The van der Waals surface area contributed by atoms with Gasteiger partial charge < -0.3 is 10.7 Å². The second kappa shape index (κ2) is 5.50. The molecular weight excluding hydrogens is 196 g/mol. The number of nitrogens with one attached hydrogen (secondary N) is 2. The highest BCUT2D eigenvalue weighted by atomic mass is 14.9. The molecule has 2 rings (SSSR count). The zero-order valence-electron chi connectivity index (χ0n) is 9.50. The Balaban J connectivity index is 1.99. The van der Waals surface area contributed by atoms with Crippen LogP contribution >= 0.6 is 0 Å². The Labute approximate surface area is 96.9 Å². The van der Waals surface area contributed by atoms with Crippen molar-refractivity contribution in [1.29, 1.82) is 5.41 Å². The molecule has 1 aromatic rings. The molecule has 0 spiro atoms. The van der Waals surface area contributed by atoms with Gasteiger partial charge in [-0.05, 0) is 36.8 Å². The molecule has 1 aliphatic rings. The second-order valence-corrected chi connectivity index (χ2v) is 4.19.